The summed E-state index contributed by atoms with van der Waals surface area (Å²) in [7, 11) is 0. The molecule has 0 aliphatic carbocycles. The van der Waals surface area contributed by atoms with Crippen LogP contribution < -0.4 is 0 Å². The van der Waals surface area contributed by atoms with E-state index in [2.05, 4.69) is 5.16 Å². The van der Waals surface area contributed by atoms with Gasteiger partial charge in [-0.25, -0.2) is 4.39 Å². The van der Waals surface area contributed by atoms with Crippen molar-refractivity contribution in [2.75, 3.05) is 0 Å². The Morgan fingerprint density at radius 3 is 2.46 bits per heavy atom. The van der Waals surface area contributed by atoms with E-state index in [1.807, 2.05) is 0 Å². The predicted octanol–water partition coefficient (Wildman–Crippen LogP) is 6.40. The number of oxime groups is 1. The van der Waals surface area contributed by atoms with E-state index in [0.717, 1.165) is 12.1 Å². The molecular weight excluding hydrogens is 445 g/mol. The van der Waals surface area contributed by atoms with E-state index >= 15 is 0 Å². The maximum Gasteiger partial charge on any atom is 0.435 e. The van der Waals surface area contributed by atoms with Crippen LogP contribution in [-0.4, -0.2) is 17.1 Å². The minimum absolute atomic E-state index is 0.0792. The fraction of sp³-hybridized carbons (Fsp3) is 0.222. The minimum atomic E-state index is -5.02. The second kappa shape index (κ2) is 7.21. The first-order valence-corrected chi connectivity index (χ1v) is 8.87. The second-order valence-corrected chi connectivity index (χ2v) is 7.37. The van der Waals surface area contributed by atoms with Gasteiger partial charge >= 0.3 is 6.18 Å². The summed E-state index contributed by atoms with van der Waals surface area (Å²) in [6, 6.07) is 6.01. The molecule has 0 saturated heterocycles. The van der Waals surface area contributed by atoms with Crippen LogP contribution in [0.5, 0.6) is 0 Å². The second-order valence-electron chi connectivity index (χ2n) is 6.18. The number of rotatable bonds is 3. The van der Waals surface area contributed by atoms with E-state index < -0.39 is 39.8 Å². The average Bonchev–Trinajstić information content (AvgIpc) is 3.04. The molecule has 3 rings (SSSR count). The van der Waals surface area contributed by atoms with Gasteiger partial charge in [-0.15, -0.1) is 0 Å². The largest absolute Gasteiger partial charge is 0.435 e. The van der Waals surface area contributed by atoms with Crippen molar-refractivity contribution in [1.29, 1.82) is 0 Å². The van der Waals surface area contributed by atoms with Crippen molar-refractivity contribution in [2.45, 2.75) is 25.1 Å². The van der Waals surface area contributed by atoms with Crippen molar-refractivity contribution >= 4 is 45.8 Å². The van der Waals surface area contributed by atoms with Crippen molar-refractivity contribution < 1.29 is 27.2 Å². The summed E-state index contributed by atoms with van der Waals surface area (Å²) in [5.74, 6) is -1.29. The number of halogens is 7. The van der Waals surface area contributed by atoms with Crippen molar-refractivity contribution in [3.8, 4) is 0 Å². The van der Waals surface area contributed by atoms with E-state index in [-0.39, 0.29) is 21.9 Å². The van der Waals surface area contributed by atoms with E-state index in [1.165, 1.54) is 18.2 Å². The van der Waals surface area contributed by atoms with Gasteiger partial charge in [0.25, 0.3) is 10.8 Å². The topological polar surface area (TPSA) is 38.7 Å². The number of nitrogens with zero attached hydrogens (tertiary/aromatic N) is 1. The smallest absolute Gasteiger partial charge is 0.374 e. The quantitative estimate of drug-likeness (QED) is 0.306. The Kier molecular flexibility index (Phi) is 5.38. The van der Waals surface area contributed by atoms with Gasteiger partial charge in [0.2, 0.25) is 0 Å². The third-order valence-electron chi connectivity index (χ3n) is 4.39. The Hall–Kier alpha value is -1.83. The highest BCUT2D eigenvalue weighted by molar-refractivity contribution is 6.67. The lowest BCUT2D eigenvalue weighted by molar-refractivity contribution is -0.276. The monoisotopic (exact) mass is 453 g/mol. The molecule has 1 heterocycles. The first-order valence-electron chi connectivity index (χ1n) is 7.74. The lowest BCUT2D eigenvalue weighted by Crippen LogP contribution is -2.43. The zero-order chi connectivity index (χ0) is 20.9. The Morgan fingerprint density at radius 2 is 1.89 bits per heavy atom. The van der Waals surface area contributed by atoms with Gasteiger partial charge in [-0.1, -0.05) is 34.4 Å². The van der Waals surface area contributed by atoms with Gasteiger partial charge in [-0.3, -0.25) is 4.79 Å². The Bertz CT molecular complexity index is 1010. The lowest BCUT2D eigenvalue weighted by atomic mass is 9.86. The summed E-state index contributed by atoms with van der Waals surface area (Å²) < 4.78 is 56.4. The number of hydrogen-bond acceptors (Lipinski definition) is 3. The van der Waals surface area contributed by atoms with Gasteiger partial charge in [0.15, 0.2) is 0 Å². The molecule has 10 heteroatoms. The molecule has 0 bridgehead atoms. The van der Waals surface area contributed by atoms with E-state index in [0.29, 0.717) is 5.56 Å². The van der Waals surface area contributed by atoms with Gasteiger partial charge in [0.05, 0.1) is 17.2 Å². The maximum atomic E-state index is 14.5. The highest BCUT2D eigenvalue weighted by Gasteiger charge is 2.63. The minimum Gasteiger partial charge on any atom is -0.374 e. The van der Waals surface area contributed by atoms with E-state index in [9.17, 15) is 22.4 Å². The summed E-state index contributed by atoms with van der Waals surface area (Å²) in [6.45, 7) is 1.57. The molecule has 0 amide bonds. The van der Waals surface area contributed by atoms with Crippen LogP contribution in [-0.2, 0) is 10.4 Å². The van der Waals surface area contributed by atoms with Gasteiger partial charge in [-0.05, 0) is 53.9 Å². The molecule has 0 saturated carbocycles. The zero-order valence-electron chi connectivity index (χ0n) is 14.0. The highest BCUT2D eigenvalue weighted by atomic mass is 35.5. The Labute approximate surface area is 171 Å². The number of aryl methyl sites for hydroxylation is 1. The van der Waals surface area contributed by atoms with E-state index in [4.69, 9.17) is 39.6 Å². The standard InChI is InChI=1S/C18H10Cl3F4NO2/c1-8-4-9(2-3-11(8)16(21)27)14-7-17(28-26-14,18(23,24)25)12-5-10(19)6-13(20)15(12)22/h2-6H,7H2,1H3. The third kappa shape index (κ3) is 3.47. The van der Waals surface area contributed by atoms with Crippen molar-refractivity contribution in [1.82, 2.24) is 0 Å². The lowest BCUT2D eigenvalue weighted by Gasteiger charge is -2.30. The molecular formula is C18H10Cl3F4NO2. The number of hydrogen-bond donors (Lipinski definition) is 0. The molecule has 1 unspecified atom stereocenters. The van der Waals surface area contributed by atoms with Crippen molar-refractivity contribution in [3.05, 3.63) is 68.4 Å². The summed E-state index contributed by atoms with van der Waals surface area (Å²) in [4.78, 5) is 16.1. The molecule has 1 aliphatic rings. The number of alkyl halides is 3. The van der Waals surface area contributed by atoms with Gasteiger partial charge in [-0.2, -0.15) is 13.2 Å². The molecule has 1 aliphatic heterocycles. The number of carbonyl (C=O) groups is 1. The van der Waals surface area contributed by atoms with Crippen LogP contribution in [0.1, 0.15) is 33.5 Å². The average molecular weight is 455 g/mol. The Morgan fingerprint density at radius 1 is 1.21 bits per heavy atom. The van der Waals surface area contributed by atoms with Gasteiger partial charge < -0.3 is 4.84 Å². The number of carbonyl (C=O) groups excluding carboxylic acids is 1. The van der Waals surface area contributed by atoms with Crippen LogP contribution in [0, 0.1) is 12.7 Å². The molecule has 148 valence electrons. The molecule has 2 aromatic carbocycles. The molecule has 28 heavy (non-hydrogen) atoms. The highest BCUT2D eigenvalue weighted by Crippen LogP contribution is 2.50. The van der Waals surface area contributed by atoms with Crippen LogP contribution in [0.3, 0.4) is 0 Å². The third-order valence-corrected chi connectivity index (χ3v) is 5.08. The fourth-order valence-electron chi connectivity index (χ4n) is 2.95. The summed E-state index contributed by atoms with van der Waals surface area (Å²) in [5, 5.41) is 2.10. The fourth-order valence-corrected chi connectivity index (χ4v) is 3.66. The van der Waals surface area contributed by atoms with E-state index in [1.54, 1.807) is 6.92 Å². The SMILES string of the molecule is Cc1cc(C2=NOC(c3cc(Cl)cc(Cl)c3F)(C(F)(F)F)C2)ccc1C(=O)Cl. The molecule has 0 N–H and O–H groups in total. The normalized spacial score (nSPS) is 19.4. The first kappa shape index (κ1) is 20.9. The Balaban J connectivity index is 2.07. The molecule has 0 fully saturated rings. The maximum absolute atomic E-state index is 14.5. The van der Waals surface area contributed by atoms with Crippen molar-refractivity contribution in [2.24, 2.45) is 5.16 Å². The molecule has 2 aromatic rings. The molecule has 1 atom stereocenters. The summed E-state index contributed by atoms with van der Waals surface area (Å²) >= 11 is 16.9. The summed E-state index contributed by atoms with van der Waals surface area (Å²) in [5.41, 5.74) is -3.10. The molecule has 0 radical (unpaired) electrons. The molecule has 0 aromatic heterocycles. The number of benzene rings is 2. The summed E-state index contributed by atoms with van der Waals surface area (Å²) in [6.07, 6.45) is -5.83. The van der Waals surface area contributed by atoms with Crippen LogP contribution in [0.15, 0.2) is 35.5 Å². The van der Waals surface area contributed by atoms with Gasteiger partial charge in [0, 0.05) is 16.1 Å². The predicted molar refractivity (Wildman–Crippen MR) is 97.8 cm³/mol. The van der Waals surface area contributed by atoms with Crippen LogP contribution in [0.2, 0.25) is 10.0 Å². The zero-order valence-corrected chi connectivity index (χ0v) is 16.3. The van der Waals surface area contributed by atoms with Gasteiger partial charge in [0.1, 0.15) is 5.82 Å². The first-order chi connectivity index (χ1) is 13.0. The van der Waals surface area contributed by atoms with Crippen LogP contribution in [0.25, 0.3) is 0 Å². The van der Waals surface area contributed by atoms with Crippen molar-refractivity contribution in [3.63, 3.8) is 0 Å². The molecule has 0 spiro atoms. The van der Waals surface area contributed by atoms with Crippen LogP contribution >= 0.6 is 34.8 Å². The van der Waals surface area contributed by atoms with Crippen LogP contribution in [0.4, 0.5) is 17.6 Å². The molecule has 3 nitrogen and oxygen atoms in total.